The fraction of sp³-hybridized carbons (Fsp3) is 0.444. The Hall–Kier alpha value is -3.64. The number of rotatable bonds is 7. The fourth-order valence-corrected chi connectivity index (χ4v) is 4.70. The van der Waals surface area contributed by atoms with Crippen LogP contribution in [0.4, 0.5) is 23.8 Å². The minimum absolute atomic E-state index is 0.0331. The first-order valence-electron chi connectivity index (χ1n) is 12.5. The molecule has 2 heterocycles. The first-order valence-corrected chi connectivity index (χ1v) is 12.5. The van der Waals surface area contributed by atoms with Gasteiger partial charge in [-0.25, -0.2) is 19.2 Å². The van der Waals surface area contributed by atoms with Crippen LogP contribution in [-0.4, -0.2) is 77.4 Å². The number of nitrogens with zero attached hydrogens (tertiary/aromatic N) is 4. The van der Waals surface area contributed by atoms with E-state index in [1.165, 1.54) is 19.2 Å². The highest BCUT2D eigenvalue weighted by Crippen LogP contribution is 2.37. The molecule has 0 unspecified atom stereocenters. The van der Waals surface area contributed by atoms with Gasteiger partial charge in [0, 0.05) is 42.7 Å². The molecule has 1 aliphatic rings. The van der Waals surface area contributed by atoms with Gasteiger partial charge in [-0.15, -0.1) is 0 Å². The highest BCUT2D eigenvalue weighted by atomic mass is 19.3. The number of nitrogens with one attached hydrogen (secondary N) is 1. The zero-order chi connectivity index (χ0) is 28.5. The van der Waals surface area contributed by atoms with Gasteiger partial charge in [-0.05, 0) is 40.0 Å². The number of carbonyl (C=O) groups excluding carboxylic acids is 1. The van der Waals surface area contributed by atoms with Gasteiger partial charge in [0.05, 0.1) is 24.2 Å². The summed E-state index contributed by atoms with van der Waals surface area (Å²) in [4.78, 5) is 25.7. The van der Waals surface area contributed by atoms with Crippen molar-refractivity contribution >= 4 is 22.8 Å². The SMILES string of the molecule is COc1cc2nc(C)nc(N[C@H](C)c3cccc(C(F)(F)CO)c3F)c2cc1OC(=O)N1CCN(C)C[C@@H]1C. The zero-order valence-electron chi connectivity index (χ0n) is 22.5. The van der Waals surface area contributed by atoms with Crippen molar-refractivity contribution in [2.75, 3.05) is 45.7 Å². The fourth-order valence-electron chi connectivity index (χ4n) is 4.70. The van der Waals surface area contributed by atoms with E-state index < -0.39 is 36.0 Å². The highest BCUT2D eigenvalue weighted by Gasteiger charge is 2.35. The van der Waals surface area contributed by atoms with Crippen molar-refractivity contribution in [2.45, 2.75) is 38.8 Å². The number of piperazine rings is 1. The van der Waals surface area contributed by atoms with Crippen LogP contribution < -0.4 is 14.8 Å². The van der Waals surface area contributed by atoms with E-state index in [1.807, 2.05) is 14.0 Å². The van der Waals surface area contributed by atoms with E-state index in [0.717, 1.165) is 12.6 Å². The molecule has 0 saturated carbocycles. The Bertz CT molecular complexity index is 1370. The number of likely N-dealkylation sites (N-methyl/N-ethyl adjacent to an activating group) is 1. The van der Waals surface area contributed by atoms with Gasteiger partial charge >= 0.3 is 6.09 Å². The maximum atomic E-state index is 15.1. The topological polar surface area (TPSA) is 100 Å². The van der Waals surface area contributed by atoms with E-state index in [1.54, 1.807) is 30.9 Å². The summed E-state index contributed by atoms with van der Waals surface area (Å²) in [5, 5.41) is 12.6. The lowest BCUT2D eigenvalue weighted by Crippen LogP contribution is -2.53. The lowest BCUT2D eigenvalue weighted by molar-refractivity contribution is -0.0583. The monoisotopic (exact) mass is 547 g/mol. The van der Waals surface area contributed by atoms with Crippen LogP contribution in [-0.2, 0) is 5.92 Å². The number of halogens is 3. The van der Waals surface area contributed by atoms with Gasteiger partial charge in [-0.2, -0.15) is 8.78 Å². The molecule has 210 valence electrons. The Kier molecular flexibility index (Phi) is 8.17. The summed E-state index contributed by atoms with van der Waals surface area (Å²) in [5.41, 5.74) is -0.450. The Balaban J connectivity index is 1.69. The molecular formula is C27H32F3N5O4. The van der Waals surface area contributed by atoms with Crippen LogP contribution in [0.5, 0.6) is 11.5 Å². The standard InChI is InChI=1S/C27H32F3N5O4/c1-15-13-34(4)9-10-35(15)26(37)39-23-11-19-21(12-22(23)38-5)32-17(3)33-25(19)31-16(2)18-7-6-8-20(24(18)28)27(29,30)14-36/h6-8,11-12,15-16,36H,9-10,13-14H2,1-5H3,(H,31,32,33)/t15-,16+/m0/s1. The molecule has 0 radical (unpaired) electrons. The van der Waals surface area contributed by atoms with E-state index >= 15 is 4.39 Å². The number of fused-ring (bicyclic) bond motifs is 1. The number of benzene rings is 2. The molecule has 12 heteroatoms. The van der Waals surface area contributed by atoms with Crippen LogP contribution in [0, 0.1) is 12.7 Å². The number of carbonyl (C=O) groups is 1. The van der Waals surface area contributed by atoms with Crippen molar-refractivity contribution < 1.29 is 32.5 Å². The smallest absolute Gasteiger partial charge is 0.415 e. The average Bonchev–Trinajstić information content (AvgIpc) is 2.88. The normalized spacial score (nSPS) is 17.3. The third kappa shape index (κ3) is 5.86. The van der Waals surface area contributed by atoms with Gasteiger partial charge in [0.2, 0.25) is 0 Å². The molecule has 2 aromatic carbocycles. The number of anilines is 1. The maximum absolute atomic E-state index is 15.1. The van der Waals surface area contributed by atoms with Gasteiger partial charge in [0.1, 0.15) is 24.1 Å². The van der Waals surface area contributed by atoms with Gasteiger partial charge in [-0.3, -0.25) is 0 Å². The number of hydrogen-bond acceptors (Lipinski definition) is 8. The zero-order valence-corrected chi connectivity index (χ0v) is 22.5. The van der Waals surface area contributed by atoms with Crippen molar-refractivity contribution in [1.29, 1.82) is 0 Å². The Morgan fingerprint density at radius 3 is 2.67 bits per heavy atom. The second-order valence-corrected chi connectivity index (χ2v) is 9.75. The van der Waals surface area contributed by atoms with Gasteiger partial charge in [0.25, 0.3) is 5.92 Å². The first kappa shape index (κ1) is 28.4. The Morgan fingerprint density at radius 2 is 2.00 bits per heavy atom. The third-order valence-corrected chi connectivity index (χ3v) is 6.80. The molecule has 9 nitrogen and oxygen atoms in total. The van der Waals surface area contributed by atoms with Crippen LogP contribution >= 0.6 is 0 Å². The summed E-state index contributed by atoms with van der Waals surface area (Å²) in [6.07, 6.45) is -0.521. The molecule has 1 saturated heterocycles. The largest absolute Gasteiger partial charge is 0.493 e. The van der Waals surface area contributed by atoms with Crippen LogP contribution in [0.3, 0.4) is 0 Å². The number of ether oxygens (including phenoxy) is 2. The van der Waals surface area contributed by atoms with Crippen molar-refractivity contribution in [2.24, 2.45) is 0 Å². The second-order valence-electron chi connectivity index (χ2n) is 9.75. The average molecular weight is 548 g/mol. The number of aliphatic hydroxyl groups is 1. The molecular weight excluding hydrogens is 515 g/mol. The Morgan fingerprint density at radius 1 is 1.26 bits per heavy atom. The van der Waals surface area contributed by atoms with E-state index in [-0.39, 0.29) is 23.2 Å². The van der Waals surface area contributed by atoms with Gasteiger partial charge in [0.15, 0.2) is 11.5 Å². The Labute approximate surface area is 224 Å². The van der Waals surface area contributed by atoms with Crippen LogP contribution in [0.2, 0.25) is 0 Å². The lowest BCUT2D eigenvalue weighted by atomic mass is 10.00. The van der Waals surface area contributed by atoms with E-state index in [0.29, 0.717) is 35.6 Å². The van der Waals surface area contributed by atoms with Crippen molar-refractivity contribution in [3.8, 4) is 11.5 Å². The molecule has 4 rings (SSSR count). The number of aliphatic hydroxyl groups excluding tert-OH is 1. The molecule has 0 spiro atoms. The van der Waals surface area contributed by atoms with Crippen molar-refractivity contribution in [3.05, 3.63) is 53.1 Å². The third-order valence-electron chi connectivity index (χ3n) is 6.80. The molecule has 0 bridgehead atoms. The molecule has 1 aromatic heterocycles. The number of methoxy groups -OCH3 is 1. The summed E-state index contributed by atoms with van der Waals surface area (Å²) >= 11 is 0. The molecule has 1 amide bonds. The van der Waals surface area contributed by atoms with Crippen LogP contribution in [0.1, 0.15) is 36.8 Å². The molecule has 2 N–H and O–H groups in total. The number of aryl methyl sites for hydroxylation is 1. The quantitative estimate of drug-likeness (QED) is 0.447. The van der Waals surface area contributed by atoms with E-state index in [4.69, 9.17) is 14.6 Å². The lowest BCUT2D eigenvalue weighted by Gasteiger charge is -2.37. The molecule has 2 atom stereocenters. The predicted molar refractivity (Wildman–Crippen MR) is 140 cm³/mol. The molecule has 1 fully saturated rings. The second kappa shape index (κ2) is 11.2. The maximum Gasteiger partial charge on any atom is 0.415 e. The molecule has 39 heavy (non-hydrogen) atoms. The highest BCUT2D eigenvalue weighted by molar-refractivity contribution is 5.92. The first-order chi connectivity index (χ1) is 18.4. The van der Waals surface area contributed by atoms with Crippen molar-refractivity contribution in [1.82, 2.24) is 19.8 Å². The van der Waals surface area contributed by atoms with Gasteiger partial charge < -0.3 is 29.7 Å². The van der Waals surface area contributed by atoms with Gasteiger partial charge in [-0.1, -0.05) is 12.1 Å². The van der Waals surface area contributed by atoms with Crippen LogP contribution in [0.25, 0.3) is 10.9 Å². The molecule has 3 aromatic rings. The number of amides is 1. The molecule has 1 aliphatic heterocycles. The summed E-state index contributed by atoms with van der Waals surface area (Å²) in [7, 11) is 3.44. The minimum Gasteiger partial charge on any atom is -0.493 e. The summed E-state index contributed by atoms with van der Waals surface area (Å²) in [6.45, 7) is 5.65. The summed E-state index contributed by atoms with van der Waals surface area (Å²) in [6, 6.07) is 5.97. The molecule has 0 aliphatic carbocycles. The van der Waals surface area contributed by atoms with Crippen molar-refractivity contribution in [3.63, 3.8) is 0 Å². The number of aromatic nitrogens is 2. The summed E-state index contributed by atoms with van der Waals surface area (Å²) in [5.74, 6) is -3.72. The predicted octanol–water partition coefficient (Wildman–Crippen LogP) is 4.48. The minimum atomic E-state index is -3.73. The number of hydrogen-bond donors (Lipinski definition) is 2. The summed E-state index contributed by atoms with van der Waals surface area (Å²) < 4.78 is 54.5. The van der Waals surface area contributed by atoms with E-state index in [9.17, 15) is 13.6 Å². The van der Waals surface area contributed by atoms with Crippen LogP contribution in [0.15, 0.2) is 30.3 Å². The van der Waals surface area contributed by atoms with E-state index in [2.05, 4.69) is 20.2 Å². The number of alkyl halides is 2.